The molecular formula is C12H17NO4. The molecule has 0 amide bonds. The number of nitriles is 1. The molecule has 2 unspecified atom stereocenters. The summed E-state index contributed by atoms with van der Waals surface area (Å²) in [7, 11) is 0. The Morgan fingerprint density at radius 2 is 2.18 bits per heavy atom. The Bertz CT molecular complexity index is 350. The van der Waals surface area contributed by atoms with E-state index in [1.807, 2.05) is 6.07 Å². The maximum atomic E-state index is 11.5. The monoisotopic (exact) mass is 239 g/mol. The van der Waals surface area contributed by atoms with Gasteiger partial charge in [-0.25, -0.2) is 0 Å². The van der Waals surface area contributed by atoms with Crippen molar-refractivity contribution in [2.24, 2.45) is 11.3 Å². The predicted molar refractivity (Wildman–Crippen MR) is 58.6 cm³/mol. The summed E-state index contributed by atoms with van der Waals surface area (Å²) in [6.45, 7) is 5.34. The number of hydrogen-bond acceptors (Lipinski definition) is 5. The highest BCUT2D eigenvalue weighted by Gasteiger charge is 2.31. The largest absolute Gasteiger partial charge is 0.461 e. The molecule has 2 atom stereocenters. The van der Waals surface area contributed by atoms with E-state index in [-0.39, 0.29) is 12.6 Å². The predicted octanol–water partition coefficient (Wildman–Crippen LogP) is 1.42. The minimum atomic E-state index is -0.676. The molecule has 1 aliphatic rings. The third-order valence-electron chi connectivity index (χ3n) is 2.51. The highest BCUT2D eigenvalue weighted by Crippen LogP contribution is 2.21. The van der Waals surface area contributed by atoms with Gasteiger partial charge in [0.1, 0.15) is 18.6 Å². The average Bonchev–Trinajstić information content (AvgIpc) is 2.24. The Balaban J connectivity index is 2.39. The Hall–Kier alpha value is -1.57. The first-order valence-corrected chi connectivity index (χ1v) is 5.62. The summed E-state index contributed by atoms with van der Waals surface area (Å²) in [6.07, 6.45) is 0.604. The van der Waals surface area contributed by atoms with Crippen LogP contribution in [0.5, 0.6) is 0 Å². The summed E-state index contributed by atoms with van der Waals surface area (Å²) in [5.41, 5.74) is -0.562. The molecule has 0 aromatic heterocycles. The first-order chi connectivity index (χ1) is 7.84. The van der Waals surface area contributed by atoms with Gasteiger partial charge in [0.2, 0.25) is 0 Å². The molecule has 0 bridgehead atoms. The molecule has 0 radical (unpaired) electrons. The Labute approximate surface area is 101 Å². The van der Waals surface area contributed by atoms with Crippen molar-refractivity contribution in [1.29, 1.82) is 5.26 Å². The van der Waals surface area contributed by atoms with Gasteiger partial charge in [0.25, 0.3) is 0 Å². The molecule has 0 saturated carbocycles. The fraction of sp³-hybridized carbons (Fsp3) is 0.750. The molecule has 1 fully saturated rings. The van der Waals surface area contributed by atoms with Crippen molar-refractivity contribution in [2.45, 2.75) is 39.7 Å². The molecule has 1 aliphatic heterocycles. The molecule has 0 N–H and O–H groups in total. The van der Waals surface area contributed by atoms with E-state index in [1.54, 1.807) is 20.8 Å². The fourth-order valence-corrected chi connectivity index (χ4v) is 1.40. The van der Waals surface area contributed by atoms with Crippen molar-refractivity contribution >= 4 is 11.9 Å². The first-order valence-electron chi connectivity index (χ1n) is 5.62. The highest BCUT2D eigenvalue weighted by atomic mass is 16.6. The SMILES string of the molecule is CC(C)(C)C(=O)OCC1CCC(C#N)C(=O)O1. The smallest absolute Gasteiger partial charge is 0.323 e. The summed E-state index contributed by atoms with van der Waals surface area (Å²) < 4.78 is 10.1. The molecular weight excluding hydrogens is 222 g/mol. The van der Waals surface area contributed by atoms with Gasteiger partial charge in [-0.1, -0.05) is 0 Å². The fourth-order valence-electron chi connectivity index (χ4n) is 1.40. The van der Waals surface area contributed by atoms with Crippen molar-refractivity contribution in [3.05, 3.63) is 0 Å². The molecule has 94 valence electrons. The number of ether oxygens (including phenoxy) is 2. The van der Waals surface area contributed by atoms with Crippen molar-refractivity contribution in [1.82, 2.24) is 0 Å². The molecule has 0 spiro atoms. The maximum Gasteiger partial charge on any atom is 0.323 e. The van der Waals surface area contributed by atoms with Crippen LogP contribution in [-0.4, -0.2) is 24.6 Å². The lowest BCUT2D eigenvalue weighted by Crippen LogP contribution is -2.35. The van der Waals surface area contributed by atoms with Crippen LogP contribution in [0, 0.1) is 22.7 Å². The number of esters is 2. The van der Waals surface area contributed by atoms with E-state index in [0.29, 0.717) is 12.8 Å². The van der Waals surface area contributed by atoms with Gasteiger partial charge >= 0.3 is 11.9 Å². The molecule has 5 heteroatoms. The molecule has 1 rings (SSSR count). The lowest BCUT2D eigenvalue weighted by atomic mass is 9.97. The van der Waals surface area contributed by atoms with E-state index in [1.165, 1.54) is 0 Å². The molecule has 1 saturated heterocycles. The highest BCUT2D eigenvalue weighted by molar-refractivity contribution is 5.76. The number of rotatable bonds is 2. The molecule has 0 aliphatic carbocycles. The third kappa shape index (κ3) is 3.74. The normalized spacial score (nSPS) is 24.7. The van der Waals surface area contributed by atoms with Gasteiger partial charge in [-0.15, -0.1) is 0 Å². The summed E-state index contributed by atoms with van der Waals surface area (Å²) in [6, 6.07) is 1.88. The van der Waals surface area contributed by atoms with E-state index < -0.39 is 23.4 Å². The lowest BCUT2D eigenvalue weighted by Gasteiger charge is -2.25. The second-order valence-electron chi connectivity index (χ2n) is 5.17. The number of carbonyl (C=O) groups is 2. The zero-order chi connectivity index (χ0) is 13.1. The van der Waals surface area contributed by atoms with Gasteiger partial charge in [0.15, 0.2) is 0 Å². The average molecular weight is 239 g/mol. The van der Waals surface area contributed by atoms with Crippen LogP contribution in [0.15, 0.2) is 0 Å². The van der Waals surface area contributed by atoms with Gasteiger partial charge < -0.3 is 9.47 Å². The summed E-state index contributed by atoms with van der Waals surface area (Å²) in [4.78, 5) is 22.8. The third-order valence-corrected chi connectivity index (χ3v) is 2.51. The van der Waals surface area contributed by atoms with E-state index in [4.69, 9.17) is 14.7 Å². The molecule has 0 aromatic rings. The van der Waals surface area contributed by atoms with Crippen LogP contribution in [0.25, 0.3) is 0 Å². The van der Waals surface area contributed by atoms with Crippen LogP contribution in [0.2, 0.25) is 0 Å². The molecule has 1 heterocycles. The quantitative estimate of drug-likeness (QED) is 0.681. The zero-order valence-corrected chi connectivity index (χ0v) is 10.4. The van der Waals surface area contributed by atoms with Gasteiger partial charge in [-0.3, -0.25) is 9.59 Å². The number of cyclic esters (lactones) is 1. The molecule has 17 heavy (non-hydrogen) atoms. The van der Waals surface area contributed by atoms with Gasteiger partial charge in [0.05, 0.1) is 11.5 Å². The van der Waals surface area contributed by atoms with Crippen LogP contribution in [0.1, 0.15) is 33.6 Å². The first kappa shape index (κ1) is 13.5. The van der Waals surface area contributed by atoms with Gasteiger partial charge in [0, 0.05) is 0 Å². The van der Waals surface area contributed by atoms with Gasteiger partial charge in [-0.05, 0) is 33.6 Å². The Morgan fingerprint density at radius 1 is 1.53 bits per heavy atom. The molecule has 5 nitrogen and oxygen atoms in total. The van der Waals surface area contributed by atoms with Crippen molar-refractivity contribution in [2.75, 3.05) is 6.61 Å². The molecule has 0 aromatic carbocycles. The number of hydrogen-bond donors (Lipinski definition) is 0. The van der Waals surface area contributed by atoms with Crippen molar-refractivity contribution in [3.63, 3.8) is 0 Å². The van der Waals surface area contributed by atoms with Crippen LogP contribution in [0.3, 0.4) is 0 Å². The lowest BCUT2D eigenvalue weighted by molar-refractivity contribution is -0.169. The topological polar surface area (TPSA) is 76.4 Å². The number of nitrogens with zero attached hydrogens (tertiary/aromatic N) is 1. The van der Waals surface area contributed by atoms with Crippen LogP contribution >= 0.6 is 0 Å². The second kappa shape index (κ2) is 5.17. The second-order valence-corrected chi connectivity index (χ2v) is 5.17. The standard InChI is InChI=1S/C12H17NO4/c1-12(2,3)11(15)16-7-9-5-4-8(6-13)10(14)17-9/h8-9H,4-5,7H2,1-3H3. The summed E-state index contributed by atoms with van der Waals surface area (Å²) in [5.74, 6) is -1.52. The van der Waals surface area contributed by atoms with Crippen LogP contribution in [-0.2, 0) is 19.1 Å². The van der Waals surface area contributed by atoms with E-state index in [0.717, 1.165) is 0 Å². The zero-order valence-electron chi connectivity index (χ0n) is 10.4. The van der Waals surface area contributed by atoms with Crippen molar-refractivity contribution < 1.29 is 19.1 Å². The Kier molecular flexibility index (Phi) is 4.11. The van der Waals surface area contributed by atoms with Crippen molar-refractivity contribution in [3.8, 4) is 6.07 Å². The van der Waals surface area contributed by atoms with Crippen LogP contribution in [0.4, 0.5) is 0 Å². The van der Waals surface area contributed by atoms with E-state index in [9.17, 15) is 9.59 Å². The number of carbonyl (C=O) groups excluding carboxylic acids is 2. The summed E-state index contributed by atoms with van der Waals surface area (Å²) in [5, 5.41) is 8.64. The maximum absolute atomic E-state index is 11.5. The Morgan fingerprint density at radius 3 is 2.65 bits per heavy atom. The van der Waals surface area contributed by atoms with E-state index in [2.05, 4.69) is 0 Å². The van der Waals surface area contributed by atoms with E-state index >= 15 is 0 Å². The minimum absolute atomic E-state index is 0.0694. The summed E-state index contributed by atoms with van der Waals surface area (Å²) >= 11 is 0. The van der Waals surface area contributed by atoms with Gasteiger partial charge in [-0.2, -0.15) is 5.26 Å². The van der Waals surface area contributed by atoms with Crippen LogP contribution < -0.4 is 0 Å². The minimum Gasteiger partial charge on any atom is -0.461 e.